The standard InChI is InChI=1S/C17H14F6N2OS/c1-27-15(25-13-7-3-5-11(9-13)17(21,22)23)14(26)24-12-6-2-4-10(8-12)16(18,19)20/h2-9,15,25H,1H3,(H,24,26). The van der Waals surface area contributed by atoms with Crippen LogP contribution in [0.5, 0.6) is 0 Å². The maximum Gasteiger partial charge on any atom is 0.416 e. The van der Waals surface area contributed by atoms with Gasteiger partial charge >= 0.3 is 12.4 Å². The molecule has 2 aromatic carbocycles. The zero-order valence-corrected chi connectivity index (χ0v) is 14.6. The number of hydrogen-bond donors (Lipinski definition) is 2. The van der Waals surface area contributed by atoms with Gasteiger partial charge in [0.05, 0.1) is 11.1 Å². The normalized spacial score (nSPS) is 13.1. The second-order valence-electron chi connectivity index (χ2n) is 5.41. The maximum atomic E-state index is 12.8. The second-order valence-corrected chi connectivity index (χ2v) is 6.35. The third kappa shape index (κ3) is 5.81. The number of anilines is 2. The van der Waals surface area contributed by atoms with E-state index < -0.39 is 34.8 Å². The Bertz CT molecular complexity index is 806. The van der Waals surface area contributed by atoms with Crippen molar-refractivity contribution in [3.8, 4) is 0 Å². The van der Waals surface area contributed by atoms with Crippen molar-refractivity contribution in [3.63, 3.8) is 0 Å². The molecule has 146 valence electrons. The number of halogens is 6. The molecule has 27 heavy (non-hydrogen) atoms. The van der Waals surface area contributed by atoms with Gasteiger partial charge in [-0.1, -0.05) is 12.1 Å². The van der Waals surface area contributed by atoms with Gasteiger partial charge in [0, 0.05) is 11.4 Å². The summed E-state index contributed by atoms with van der Waals surface area (Å²) in [5.74, 6) is -0.695. The maximum absolute atomic E-state index is 12.8. The Hall–Kier alpha value is -2.36. The summed E-state index contributed by atoms with van der Waals surface area (Å²) in [6, 6.07) is 8.36. The van der Waals surface area contributed by atoms with Gasteiger partial charge < -0.3 is 10.6 Å². The molecule has 0 saturated heterocycles. The number of rotatable bonds is 5. The van der Waals surface area contributed by atoms with Gasteiger partial charge in [-0.2, -0.15) is 26.3 Å². The topological polar surface area (TPSA) is 41.1 Å². The van der Waals surface area contributed by atoms with E-state index in [0.717, 1.165) is 42.1 Å². The highest BCUT2D eigenvalue weighted by Crippen LogP contribution is 2.32. The van der Waals surface area contributed by atoms with Crippen LogP contribution >= 0.6 is 11.8 Å². The zero-order chi connectivity index (χ0) is 20.2. The number of amides is 1. The summed E-state index contributed by atoms with van der Waals surface area (Å²) < 4.78 is 76.5. The molecule has 0 heterocycles. The molecule has 2 rings (SSSR count). The summed E-state index contributed by atoms with van der Waals surface area (Å²) in [5, 5.41) is 3.95. The lowest BCUT2D eigenvalue weighted by molar-refractivity contribution is -0.138. The van der Waals surface area contributed by atoms with Gasteiger partial charge in [0.25, 0.3) is 5.91 Å². The predicted octanol–water partition coefficient (Wildman–Crippen LogP) is 5.46. The van der Waals surface area contributed by atoms with Crippen LogP contribution < -0.4 is 10.6 Å². The van der Waals surface area contributed by atoms with Crippen molar-refractivity contribution < 1.29 is 31.1 Å². The van der Waals surface area contributed by atoms with Crippen LogP contribution in [-0.4, -0.2) is 17.5 Å². The van der Waals surface area contributed by atoms with Crippen molar-refractivity contribution in [1.29, 1.82) is 0 Å². The Kier molecular flexibility index (Phi) is 6.30. The molecule has 0 bridgehead atoms. The van der Waals surface area contributed by atoms with E-state index in [4.69, 9.17) is 0 Å². The summed E-state index contributed by atoms with van der Waals surface area (Å²) >= 11 is 0.989. The third-order valence-electron chi connectivity index (χ3n) is 3.42. The molecule has 2 aromatic rings. The highest BCUT2D eigenvalue weighted by atomic mass is 32.2. The predicted molar refractivity (Wildman–Crippen MR) is 92.4 cm³/mol. The minimum absolute atomic E-state index is 0.0587. The van der Waals surface area contributed by atoms with Crippen LogP contribution in [-0.2, 0) is 17.1 Å². The van der Waals surface area contributed by atoms with Crippen molar-refractivity contribution in [2.75, 3.05) is 16.9 Å². The fraction of sp³-hybridized carbons (Fsp3) is 0.235. The SMILES string of the molecule is CSC(Nc1cccc(C(F)(F)F)c1)C(=O)Nc1cccc(C(F)(F)F)c1. The summed E-state index contributed by atoms with van der Waals surface area (Å²) in [4.78, 5) is 12.3. The molecule has 0 aliphatic rings. The zero-order valence-electron chi connectivity index (χ0n) is 13.8. The van der Waals surface area contributed by atoms with E-state index in [0.29, 0.717) is 0 Å². The molecule has 1 amide bonds. The third-order valence-corrected chi connectivity index (χ3v) is 4.22. The molecule has 0 spiro atoms. The fourth-order valence-corrected chi connectivity index (χ4v) is 2.68. The van der Waals surface area contributed by atoms with Gasteiger partial charge in [0.15, 0.2) is 5.37 Å². The molecule has 0 aliphatic heterocycles. The van der Waals surface area contributed by atoms with Crippen molar-refractivity contribution in [2.45, 2.75) is 17.7 Å². The molecule has 0 aromatic heterocycles. The molecule has 10 heteroatoms. The summed E-state index contributed by atoms with van der Waals surface area (Å²) in [6.45, 7) is 0. The number of hydrogen-bond acceptors (Lipinski definition) is 3. The lowest BCUT2D eigenvalue weighted by Crippen LogP contribution is -2.31. The first kappa shape index (κ1) is 20.9. The van der Waals surface area contributed by atoms with E-state index in [1.54, 1.807) is 0 Å². The largest absolute Gasteiger partial charge is 0.416 e. The monoisotopic (exact) mass is 408 g/mol. The quantitative estimate of drug-likeness (QED) is 0.510. The lowest BCUT2D eigenvalue weighted by Gasteiger charge is -2.19. The molecule has 0 saturated carbocycles. The number of carbonyl (C=O) groups is 1. The number of alkyl halides is 6. The Morgan fingerprint density at radius 2 is 1.37 bits per heavy atom. The summed E-state index contributed by atoms with van der Waals surface area (Å²) in [5.41, 5.74) is -1.82. The Balaban J connectivity index is 2.13. The molecule has 3 nitrogen and oxygen atoms in total. The van der Waals surface area contributed by atoms with E-state index in [2.05, 4.69) is 10.6 Å². The highest BCUT2D eigenvalue weighted by Gasteiger charge is 2.31. The van der Waals surface area contributed by atoms with Crippen LogP contribution in [0.3, 0.4) is 0 Å². The molecule has 0 aliphatic carbocycles. The van der Waals surface area contributed by atoms with Crippen molar-refractivity contribution in [3.05, 3.63) is 59.7 Å². The number of nitrogens with one attached hydrogen (secondary N) is 2. The average molecular weight is 408 g/mol. The molecule has 0 fully saturated rings. The smallest absolute Gasteiger partial charge is 0.366 e. The molecular weight excluding hydrogens is 394 g/mol. The molecule has 2 N–H and O–H groups in total. The minimum atomic E-state index is -4.56. The number of benzene rings is 2. The first-order valence-electron chi connectivity index (χ1n) is 7.45. The number of carbonyl (C=O) groups excluding carboxylic acids is 1. The molecular formula is C17H14F6N2OS. The fourth-order valence-electron chi connectivity index (χ4n) is 2.15. The van der Waals surface area contributed by atoms with Crippen molar-refractivity contribution in [2.24, 2.45) is 0 Å². The van der Waals surface area contributed by atoms with Gasteiger partial charge in [-0.15, -0.1) is 11.8 Å². The van der Waals surface area contributed by atoms with E-state index in [-0.39, 0.29) is 11.4 Å². The van der Waals surface area contributed by atoms with Crippen LogP contribution in [0.1, 0.15) is 11.1 Å². The summed E-state index contributed by atoms with van der Waals surface area (Å²) in [6.07, 6.45) is -7.56. The van der Waals surface area contributed by atoms with Gasteiger partial charge in [0.2, 0.25) is 0 Å². The Labute approximate surface area is 155 Å². The van der Waals surface area contributed by atoms with Gasteiger partial charge in [-0.3, -0.25) is 4.79 Å². The van der Waals surface area contributed by atoms with Gasteiger partial charge in [-0.25, -0.2) is 0 Å². The van der Waals surface area contributed by atoms with Crippen molar-refractivity contribution in [1.82, 2.24) is 0 Å². The molecule has 1 unspecified atom stereocenters. The van der Waals surface area contributed by atoms with Crippen molar-refractivity contribution >= 4 is 29.0 Å². The van der Waals surface area contributed by atoms with E-state index in [9.17, 15) is 31.1 Å². The number of thioether (sulfide) groups is 1. The van der Waals surface area contributed by atoms with E-state index in [1.165, 1.54) is 24.5 Å². The lowest BCUT2D eigenvalue weighted by atomic mass is 10.2. The van der Waals surface area contributed by atoms with Crippen LogP contribution in [0.4, 0.5) is 37.7 Å². The Morgan fingerprint density at radius 1 is 0.889 bits per heavy atom. The van der Waals surface area contributed by atoms with Crippen LogP contribution in [0.15, 0.2) is 48.5 Å². The van der Waals surface area contributed by atoms with Gasteiger partial charge in [-0.05, 0) is 42.7 Å². The first-order chi connectivity index (χ1) is 12.5. The second kappa shape index (κ2) is 8.12. The van der Waals surface area contributed by atoms with Crippen LogP contribution in [0.25, 0.3) is 0 Å². The summed E-state index contributed by atoms with van der Waals surface area (Å²) in [7, 11) is 0. The first-order valence-corrected chi connectivity index (χ1v) is 8.74. The average Bonchev–Trinajstić information content (AvgIpc) is 2.58. The van der Waals surface area contributed by atoms with Gasteiger partial charge in [0.1, 0.15) is 0 Å². The molecule has 0 radical (unpaired) electrons. The highest BCUT2D eigenvalue weighted by molar-refractivity contribution is 8.00. The minimum Gasteiger partial charge on any atom is -0.366 e. The Morgan fingerprint density at radius 3 is 1.85 bits per heavy atom. The molecule has 1 atom stereocenters. The van der Waals surface area contributed by atoms with E-state index in [1.807, 2.05) is 0 Å². The van der Waals surface area contributed by atoms with E-state index >= 15 is 0 Å². The van der Waals surface area contributed by atoms with Crippen LogP contribution in [0.2, 0.25) is 0 Å². The van der Waals surface area contributed by atoms with Crippen LogP contribution in [0, 0.1) is 0 Å².